The van der Waals surface area contributed by atoms with Crippen molar-refractivity contribution in [3.05, 3.63) is 29.8 Å². The number of rotatable bonds is 8. The predicted molar refractivity (Wildman–Crippen MR) is 85.5 cm³/mol. The molecule has 6 nitrogen and oxygen atoms in total. The van der Waals surface area contributed by atoms with E-state index in [4.69, 9.17) is 5.73 Å². The molecule has 0 saturated carbocycles. The highest BCUT2D eigenvalue weighted by Gasteiger charge is 2.11. The molecule has 0 radical (unpaired) electrons. The van der Waals surface area contributed by atoms with Crippen molar-refractivity contribution in [3.8, 4) is 0 Å². The van der Waals surface area contributed by atoms with Crippen molar-refractivity contribution in [2.24, 2.45) is 10.7 Å². The van der Waals surface area contributed by atoms with E-state index >= 15 is 0 Å². The van der Waals surface area contributed by atoms with Crippen LogP contribution in [0.2, 0.25) is 0 Å². The number of sulfonamides is 1. The van der Waals surface area contributed by atoms with Crippen LogP contribution in [-0.4, -0.2) is 27.5 Å². The maximum absolute atomic E-state index is 11.8. The zero-order valence-electron chi connectivity index (χ0n) is 12.6. The summed E-state index contributed by atoms with van der Waals surface area (Å²) < 4.78 is 26.0. The number of nitrogens with zero attached hydrogens (tertiary/aromatic N) is 1. The van der Waals surface area contributed by atoms with Crippen molar-refractivity contribution in [2.75, 3.05) is 13.1 Å². The van der Waals surface area contributed by atoms with Gasteiger partial charge in [0.05, 0.1) is 11.4 Å². The van der Waals surface area contributed by atoms with Gasteiger partial charge in [-0.15, -0.1) is 0 Å². The number of hydrogen-bond donors (Lipinski definition) is 3. The number of hydrogen-bond acceptors (Lipinski definition) is 3. The average molecular weight is 312 g/mol. The maximum atomic E-state index is 11.8. The van der Waals surface area contributed by atoms with Gasteiger partial charge in [0.1, 0.15) is 0 Å². The van der Waals surface area contributed by atoms with Crippen LogP contribution in [0, 0.1) is 0 Å². The number of benzene rings is 1. The molecule has 1 aromatic rings. The first-order chi connectivity index (χ1) is 9.99. The Balaban J connectivity index is 2.61. The second-order valence-corrected chi connectivity index (χ2v) is 6.39. The van der Waals surface area contributed by atoms with Gasteiger partial charge in [-0.25, -0.2) is 18.1 Å². The van der Waals surface area contributed by atoms with Crippen molar-refractivity contribution < 1.29 is 8.42 Å². The van der Waals surface area contributed by atoms with E-state index in [1.54, 1.807) is 31.2 Å². The lowest BCUT2D eigenvalue weighted by Crippen LogP contribution is -2.32. The van der Waals surface area contributed by atoms with Gasteiger partial charge in [-0.1, -0.05) is 32.4 Å². The summed E-state index contributed by atoms with van der Waals surface area (Å²) in [5, 5.41) is 3.03. The van der Waals surface area contributed by atoms with E-state index in [9.17, 15) is 8.42 Å². The van der Waals surface area contributed by atoms with Gasteiger partial charge in [-0.3, -0.25) is 0 Å². The summed E-state index contributed by atoms with van der Waals surface area (Å²) >= 11 is 0. The zero-order chi connectivity index (χ0) is 15.7. The van der Waals surface area contributed by atoms with Crippen LogP contribution in [0.1, 0.15) is 32.3 Å². The second kappa shape index (κ2) is 8.63. The van der Waals surface area contributed by atoms with Crippen LogP contribution >= 0.6 is 0 Å². The number of nitrogens with one attached hydrogen (secondary N) is 2. The summed E-state index contributed by atoms with van der Waals surface area (Å²) in [5.74, 6) is 0.410. The van der Waals surface area contributed by atoms with Crippen LogP contribution in [-0.2, 0) is 16.6 Å². The molecule has 0 amide bonds. The van der Waals surface area contributed by atoms with Gasteiger partial charge in [0.15, 0.2) is 5.96 Å². The highest BCUT2D eigenvalue weighted by atomic mass is 32.2. The molecule has 0 aromatic heterocycles. The molecule has 0 unspecified atom stereocenters. The van der Waals surface area contributed by atoms with Crippen LogP contribution in [0.4, 0.5) is 0 Å². The van der Waals surface area contributed by atoms with Crippen molar-refractivity contribution in [2.45, 2.75) is 38.1 Å². The normalized spacial score (nSPS) is 12.4. The highest BCUT2D eigenvalue weighted by Crippen LogP contribution is 2.11. The third kappa shape index (κ3) is 6.14. The predicted octanol–water partition coefficient (Wildman–Crippen LogP) is 1.19. The Morgan fingerprint density at radius 3 is 2.48 bits per heavy atom. The second-order valence-electron chi connectivity index (χ2n) is 4.63. The average Bonchev–Trinajstić information content (AvgIpc) is 2.46. The minimum atomic E-state index is -3.40. The first-order valence-corrected chi connectivity index (χ1v) is 8.60. The Morgan fingerprint density at radius 2 is 1.90 bits per heavy atom. The molecule has 4 N–H and O–H groups in total. The molecular weight excluding hydrogens is 288 g/mol. The van der Waals surface area contributed by atoms with Crippen molar-refractivity contribution in [3.63, 3.8) is 0 Å². The fourth-order valence-electron chi connectivity index (χ4n) is 1.67. The summed E-state index contributed by atoms with van der Waals surface area (Å²) in [4.78, 5) is 4.47. The summed E-state index contributed by atoms with van der Waals surface area (Å²) in [5.41, 5.74) is 6.64. The van der Waals surface area contributed by atoms with Crippen molar-refractivity contribution >= 4 is 16.0 Å². The van der Waals surface area contributed by atoms with E-state index in [2.05, 4.69) is 22.0 Å². The highest BCUT2D eigenvalue weighted by molar-refractivity contribution is 7.89. The van der Waals surface area contributed by atoms with Crippen LogP contribution in [0.5, 0.6) is 0 Å². The van der Waals surface area contributed by atoms with Gasteiger partial charge < -0.3 is 11.1 Å². The lowest BCUT2D eigenvalue weighted by Gasteiger charge is -2.06. The molecular formula is C14H24N4O2S. The Labute approximate surface area is 126 Å². The minimum Gasteiger partial charge on any atom is -0.370 e. The van der Waals surface area contributed by atoms with E-state index in [-0.39, 0.29) is 4.90 Å². The molecule has 21 heavy (non-hydrogen) atoms. The van der Waals surface area contributed by atoms with Gasteiger partial charge in [-0.05, 0) is 24.1 Å². The lowest BCUT2D eigenvalue weighted by atomic mass is 10.2. The van der Waals surface area contributed by atoms with E-state index in [0.29, 0.717) is 19.0 Å². The Hall–Kier alpha value is -1.60. The first kappa shape index (κ1) is 17.5. The summed E-state index contributed by atoms with van der Waals surface area (Å²) in [6.07, 6.45) is 2.15. The molecule has 0 heterocycles. The fraction of sp³-hybridized carbons (Fsp3) is 0.500. The minimum absolute atomic E-state index is 0.256. The van der Waals surface area contributed by atoms with Crippen molar-refractivity contribution in [1.29, 1.82) is 0 Å². The lowest BCUT2D eigenvalue weighted by molar-refractivity contribution is 0.584. The monoisotopic (exact) mass is 312 g/mol. The van der Waals surface area contributed by atoms with E-state index in [1.807, 2.05) is 0 Å². The first-order valence-electron chi connectivity index (χ1n) is 7.12. The Morgan fingerprint density at radius 1 is 1.24 bits per heavy atom. The molecule has 0 aliphatic heterocycles. The van der Waals surface area contributed by atoms with E-state index < -0.39 is 10.0 Å². The van der Waals surface area contributed by atoms with E-state index in [0.717, 1.165) is 24.9 Å². The van der Waals surface area contributed by atoms with Crippen LogP contribution < -0.4 is 15.8 Å². The van der Waals surface area contributed by atoms with Gasteiger partial charge in [0.25, 0.3) is 0 Å². The third-order valence-corrected chi connectivity index (χ3v) is 4.40. The molecule has 1 aromatic carbocycles. The summed E-state index contributed by atoms with van der Waals surface area (Å²) in [6.45, 7) is 5.46. The SMILES string of the molecule is CCCCNC(N)=NCc1ccc(S(=O)(=O)NCC)cc1. The molecule has 118 valence electrons. The van der Waals surface area contributed by atoms with Gasteiger partial charge >= 0.3 is 0 Å². The van der Waals surface area contributed by atoms with E-state index in [1.165, 1.54) is 0 Å². The molecule has 0 spiro atoms. The molecule has 1 rings (SSSR count). The smallest absolute Gasteiger partial charge is 0.240 e. The van der Waals surface area contributed by atoms with Crippen LogP contribution in [0.15, 0.2) is 34.2 Å². The topological polar surface area (TPSA) is 96.6 Å². The molecule has 0 fully saturated rings. The molecule has 0 aliphatic carbocycles. The van der Waals surface area contributed by atoms with Gasteiger partial charge in [0, 0.05) is 13.1 Å². The van der Waals surface area contributed by atoms with Crippen LogP contribution in [0.3, 0.4) is 0 Å². The zero-order valence-corrected chi connectivity index (χ0v) is 13.4. The van der Waals surface area contributed by atoms with Crippen molar-refractivity contribution in [1.82, 2.24) is 10.0 Å². The van der Waals surface area contributed by atoms with Gasteiger partial charge in [-0.2, -0.15) is 0 Å². The number of guanidine groups is 1. The number of unbranched alkanes of at least 4 members (excludes halogenated alkanes) is 1. The third-order valence-electron chi connectivity index (χ3n) is 2.84. The Kier molecular flexibility index (Phi) is 7.18. The number of aliphatic imine (C=N–C) groups is 1. The molecule has 0 aliphatic rings. The largest absolute Gasteiger partial charge is 0.370 e. The molecule has 0 saturated heterocycles. The fourth-order valence-corrected chi connectivity index (χ4v) is 2.71. The molecule has 7 heteroatoms. The Bertz CT molecular complexity index is 553. The standard InChI is InChI=1S/C14H24N4O2S/c1-3-5-10-16-14(15)17-11-12-6-8-13(9-7-12)21(19,20)18-4-2/h6-9,18H,3-5,10-11H2,1-2H3,(H3,15,16,17). The number of nitrogens with two attached hydrogens (primary N) is 1. The van der Waals surface area contributed by atoms with Gasteiger partial charge in [0.2, 0.25) is 10.0 Å². The molecule has 0 atom stereocenters. The maximum Gasteiger partial charge on any atom is 0.240 e. The quantitative estimate of drug-likeness (QED) is 0.381. The molecule has 0 bridgehead atoms. The summed E-state index contributed by atoms with van der Waals surface area (Å²) in [6, 6.07) is 6.63. The summed E-state index contributed by atoms with van der Waals surface area (Å²) in [7, 11) is -3.40. The van der Waals surface area contributed by atoms with Crippen LogP contribution in [0.25, 0.3) is 0 Å².